The Hall–Kier alpha value is -2.74. The van der Waals surface area contributed by atoms with E-state index in [1.165, 1.54) is 0 Å². The Balaban J connectivity index is 1.96. The van der Waals surface area contributed by atoms with Crippen LogP contribution in [0.25, 0.3) is 0 Å². The standard InChI is InChI=1S/C19H15N2/c1-4-10-16(11-5-1)19(17-12-6-2-7-13-17)21-20-18-14-8-3-9-15-18/h1-15H. The highest BCUT2D eigenvalue weighted by Crippen LogP contribution is 2.26. The molecule has 2 nitrogen and oxygen atoms in total. The van der Waals surface area contributed by atoms with Gasteiger partial charge in [0.1, 0.15) is 0 Å². The summed E-state index contributed by atoms with van der Waals surface area (Å²) in [5.41, 5.74) is 2.97. The van der Waals surface area contributed by atoms with Crippen LogP contribution in [0.4, 0.5) is 5.69 Å². The average molecular weight is 271 g/mol. The van der Waals surface area contributed by atoms with E-state index in [4.69, 9.17) is 0 Å². The van der Waals surface area contributed by atoms with Gasteiger partial charge in [0.2, 0.25) is 0 Å². The molecule has 3 aromatic carbocycles. The van der Waals surface area contributed by atoms with E-state index in [1.807, 2.05) is 91.0 Å². The molecule has 0 spiro atoms. The minimum atomic E-state index is 0.849. The number of hydrogen-bond donors (Lipinski definition) is 0. The Morgan fingerprint density at radius 1 is 0.524 bits per heavy atom. The van der Waals surface area contributed by atoms with Crippen molar-refractivity contribution in [3.63, 3.8) is 0 Å². The van der Waals surface area contributed by atoms with Crippen molar-refractivity contribution >= 4 is 5.69 Å². The molecule has 0 N–H and O–H groups in total. The summed E-state index contributed by atoms with van der Waals surface area (Å²) in [4.78, 5) is 0. The van der Waals surface area contributed by atoms with Crippen LogP contribution in [-0.2, 0) is 0 Å². The maximum absolute atomic E-state index is 4.48. The Morgan fingerprint density at radius 3 is 1.43 bits per heavy atom. The van der Waals surface area contributed by atoms with Gasteiger partial charge in [-0.25, -0.2) is 0 Å². The summed E-state index contributed by atoms with van der Waals surface area (Å²) in [7, 11) is 0. The summed E-state index contributed by atoms with van der Waals surface area (Å²) in [6, 6.07) is 30.9. The lowest BCUT2D eigenvalue weighted by molar-refractivity contribution is 1.02. The molecule has 1 radical (unpaired) electrons. The van der Waals surface area contributed by atoms with Gasteiger partial charge in [-0.05, 0) is 23.3 Å². The van der Waals surface area contributed by atoms with E-state index in [2.05, 4.69) is 10.2 Å². The van der Waals surface area contributed by atoms with Crippen molar-refractivity contribution in [1.29, 1.82) is 0 Å². The molecule has 3 aromatic rings. The lowest BCUT2D eigenvalue weighted by Gasteiger charge is -2.10. The van der Waals surface area contributed by atoms with Gasteiger partial charge in [0, 0.05) is 0 Å². The lowest BCUT2D eigenvalue weighted by Crippen LogP contribution is -1.97. The number of benzene rings is 3. The fourth-order valence-electron chi connectivity index (χ4n) is 2.08. The number of azo groups is 1. The predicted molar refractivity (Wildman–Crippen MR) is 85.3 cm³/mol. The molecule has 0 aromatic heterocycles. The van der Waals surface area contributed by atoms with Gasteiger partial charge in [-0.3, -0.25) is 0 Å². The molecule has 0 amide bonds. The smallest absolute Gasteiger partial charge is 0.167 e. The summed E-state index contributed by atoms with van der Waals surface area (Å²) in [6.07, 6.45) is 0. The van der Waals surface area contributed by atoms with Crippen LogP contribution in [0.3, 0.4) is 0 Å². The first kappa shape index (κ1) is 13.3. The van der Waals surface area contributed by atoms with Crippen molar-refractivity contribution in [3.05, 3.63) is 108 Å². The zero-order valence-electron chi connectivity index (χ0n) is 11.6. The first-order chi connectivity index (χ1) is 10.4. The molecule has 0 atom stereocenters. The SMILES string of the molecule is c1ccc(N=N[C](c2ccccc2)c2ccccc2)cc1. The van der Waals surface area contributed by atoms with Gasteiger partial charge >= 0.3 is 0 Å². The fraction of sp³-hybridized carbons (Fsp3) is 0. The highest BCUT2D eigenvalue weighted by atomic mass is 15.1. The second-order valence-electron chi connectivity index (χ2n) is 4.62. The minimum Gasteiger partial charge on any atom is -0.169 e. The third kappa shape index (κ3) is 3.42. The molecular formula is C19H15N2. The zero-order valence-corrected chi connectivity index (χ0v) is 11.6. The Kier molecular flexibility index (Phi) is 4.18. The first-order valence-corrected chi connectivity index (χ1v) is 6.88. The van der Waals surface area contributed by atoms with Crippen molar-refractivity contribution in [3.8, 4) is 0 Å². The molecule has 0 saturated carbocycles. The van der Waals surface area contributed by atoms with Crippen molar-refractivity contribution in [1.82, 2.24) is 0 Å². The van der Waals surface area contributed by atoms with Crippen molar-refractivity contribution in [2.75, 3.05) is 0 Å². The maximum Gasteiger partial charge on any atom is 0.167 e. The Morgan fingerprint density at radius 2 is 0.952 bits per heavy atom. The van der Waals surface area contributed by atoms with Crippen LogP contribution in [0.15, 0.2) is 101 Å². The highest BCUT2D eigenvalue weighted by molar-refractivity contribution is 5.45. The summed E-state index contributed by atoms with van der Waals surface area (Å²) in [5.74, 6) is 0. The average Bonchev–Trinajstić information content (AvgIpc) is 2.58. The summed E-state index contributed by atoms with van der Waals surface area (Å²) < 4.78 is 0. The second kappa shape index (κ2) is 6.62. The van der Waals surface area contributed by atoms with E-state index < -0.39 is 0 Å². The van der Waals surface area contributed by atoms with Gasteiger partial charge in [0.25, 0.3) is 0 Å². The van der Waals surface area contributed by atoms with Crippen molar-refractivity contribution in [2.24, 2.45) is 10.2 Å². The molecule has 0 fully saturated rings. The van der Waals surface area contributed by atoms with E-state index in [0.717, 1.165) is 22.9 Å². The molecule has 0 unspecified atom stereocenters. The van der Waals surface area contributed by atoms with Gasteiger partial charge in [-0.15, -0.1) is 0 Å². The largest absolute Gasteiger partial charge is 0.169 e. The minimum absolute atomic E-state index is 0.849. The third-order valence-corrected chi connectivity index (χ3v) is 3.12. The maximum atomic E-state index is 4.48. The van der Waals surface area contributed by atoms with Crippen LogP contribution in [0, 0.1) is 6.04 Å². The molecule has 3 rings (SSSR count). The van der Waals surface area contributed by atoms with E-state index in [1.54, 1.807) is 0 Å². The van der Waals surface area contributed by atoms with E-state index in [0.29, 0.717) is 0 Å². The van der Waals surface area contributed by atoms with Crippen LogP contribution in [0.1, 0.15) is 11.1 Å². The predicted octanol–water partition coefficient (Wildman–Crippen LogP) is 5.40. The molecule has 101 valence electrons. The molecule has 2 heteroatoms. The monoisotopic (exact) mass is 271 g/mol. The van der Waals surface area contributed by atoms with Crippen LogP contribution < -0.4 is 0 Å². The van der Waals surface area contributed by atoms with Gasteiger partial charge in [0.15, 0.2) is 6.04 Å². The highest BCUT2D eigenvalue weighted by Gasteiger charge is 2.14. The van der Waals surface area contributed by atoms with Crippen LogP contribution in [0.5, 0.6) is 0 Å². The van der Waals surface area contributed by atoms with Gasteiger partial charge in [-0.2, -0.15) is 10.2 Å². The Bertz CT molecular complexity index is 652. The molecule has 0 aliphatic heterocycles. The van der Waals surface area contributed by atoms with Crippen LogP contribution in [0.2, 0.25) is 0 Å². The van der Waals surface area contributed by atoms with Gasteiger partial charge in [-0.1, -0.05) is 78.9 Å². The van der Waals surface area contributed by atoms with E-state index >= 15 is 0 Å². The number of rotatable bonds is 4. The fourth-order valence-corrected chi connectivity index (χ4v) is 2.08. The molecule has 0 aliphatic rings. The zero-order chi connectivity index (χ0) is 14.3. The normalized spacial score (nSPS) is 11.1. The first-order valence-electron chi connectivity index (χ1n) is 6.88. The second-order valence-corrected chi connectivity index (χ2v) is 4.62. The number of nitrogens with zero attached hydrogens (tertiary/aromatic N) is 2. The van der Waals surface area contributed by atoms with Crippen LogP contribution in [-0.4, -0.2) is 0 Å². The van der Waals surface area contributed by atoms with E-state index in [-0.39, 0.29) is 0 Å². The number of hydrogen-bond acceptors (Lipinski definition) is 2. The molecular weight excluding hydrogens is 256 g/mol. The lowest BCUT2D eigenvalue weighted by atomic mass is 10.00. The van der Waals surface area contributed by atoms with E-state index in [9.17, 15) is 0 Å². The van der Waals surface area contributed by atoms with Gasteiger partial charge in [0.05, 0.1) is 5.69 Å². The topological polar surface area (TPSA) is 24.7 Å². The van der Waals surface area contributed by atoms with Crippen molar-refractivity contribution in [2.45, 2.75) is 0 Å². The van der Waals surface area contributed by atoms with Gasteiger partial charge < -0.3 is 0 Å². The third-order valence-electron chi connectivity index (χ3n) is 3.12. The Labute approximate surface area is 124 Å². The molecule has 0 heterocycles. The molecule has 0 bridgehead atoms. The summed E-state index contributed by atoms with van der Waals surface area (Å²) >= 11 is 0. The molecule has 21 heavy (non-hydrogen) atoms. The molecule has 0 saturated heterocycles. The summed E-state index contributed by atoms with van der Waals surface area (Å²) in [5, 5.41) is 8.82. The molecule has 0 aliphatic carbocycles. The van der Waals surface area contributed by atoms with Crippen LogP contribution >= 0.6 is 0 Å². The summed E-state index contributed by atoms with van der Waals surface area (Å²) in [6.45, 7) is 0. The van der Waals surface area contributed by atoms with Crippen molar-refractivity contribution < 1.29 is 0 Å². The quantitative estimate of drug-likeness (QED) is 0.568.